The van der Waals surface area contributed by atoms with Crippen molar-refractivity contribution in [2.24, 2.45) is 5.73 Å². The highest BCUT2D eigenvalue weighted by molar-refractivity contribution is 7.90. The lowest BCUT2D eigenvalue weighted by Crippen LogP contribution is -2.43. The zero-order valence-corrected chi connectivity index (χ0v) is 11.1. The Morgan fingerprint density at radius 3 is 2.58 bits per heavy atom. The van der Waals surface area contributed by atoms with Gasteiger partial charge >= 0.3 is 10.2 Å². The van der Waals surface area contributed by atoms with Crippen LogP contribution in [0.1, 0.15) is 5.56 Å². The molecule has 0 aliphatic carbocycles. The van der Waals surface area contributed by atoms with Crippen LogP contribution in [-0.4, -0.2) is 44.9 Å². The van der Waals surface area contributed by atoms with E-state index in [2.05, 4.69) is 4.72 Å². The van der Waals surface area contributed by atoms with Crippen molar-refractivity contribution >= 4 is 21.7 Å². The van der Waals surface area contributed by atoms with Gasteiger partial charge in [0.05, 0.1) is 18.9 Å². The number of para-hydroxylation sites is 1. The smallest absolute Gasteiger partial charge is 0.301 e. The van der Waals surface area contributed by atoms with E-state index in [0.717, 1.165) is 0 Å². The fraction of sp³-hybridized carbons (Fsp3) is 0.364. The molecule has 1 fully saturated rings. The molecule has 7 nitrogen and oxygen atoms in total. The van der Waals surface area contributed by atoms with E-state index < -0.39 is 10.2 Å². The van der Waals surface area contributed by atoms with Gasteiger partial charge in [-0.2, -0.15) is 12.7 Å². The van der Waals surface area contributed by atoms with Gasteiger partial charge in [0, 0.05) is 18.7 Å². The minimum absolute atomic E-state index is 0.180. The molecule has 4 N–H and O–H groups in total. The fourth-order valence-corrected chi connectivity index (χ4v) is 3.01. The van der Waals surface area contributed by atoms with E-state index in [1.165, 1.54) is 4.31 Å². The lowest BCUT2D eigenvalue weighted by molar-refractivity contribution is 0.0733. The molecule has 8 heteroatoms. The molecule has 104 valence electrons. The Morgan fingerprint density at radius 1 is 1.32 bits per heavy atom. The predicted molar refractivity (Wildman–Crippen MR) is 72.4 cm³/mol. The number of anilines is 1. The zero-order chi connectivity index (χ0) is 13.9. The van der Waals surface area contributed by atoms with Gasteiger partial charge in [-0.25, -0.2) is 0 Å². The van der Waals surface area contributed by atoms with Crippen LogP contribution in [0.25, 0.3) is 0 Å². The molecule has 0 bridgehead atoms. The Kier molecular flexibility index (Phi) is 4.03. The van der Waals surface area contributed by atoms with Crippen molar-refractivity contribution in [1.29, 1.82) is 5.41 Å². The topological polar surface area (TPSA) is 109 Å². The van der Waals surface area contributed by atoms with Crippen molar-refractivity contribution in [3.63, 3.8) is 0 Å². The summed E-state index contributed by atoms with van der Waals surface area (Å²) in [5.74, 6) is -0.180. The number of hydrogen-bond donors (Lipinski definition) is 3. The number of nitrogens with two attached hydrogens (primary N) is 1. The van der Waals surface area contributed by atoms with Crippen molar-refractivity contribution in [3.05, 3.63) is 29.8 Å². The number of amidine groups is 1. The quantitative estimate of drug-likeness (QED) is 0.532. The number of benzene rings is 1. The van der Waals surface area contributed by atoms with Crippen molar-refractivity contribution in [1.82, 2.24) is 4.31 Å². The standard InChI is InChI=1S/C11H16N4O3S/c12-11(13)9-3-1-2-4-10(9)14-19(16,17)15-5-7-18-8-6-15/h1-4,14H,5-8H2,(H3,12,13). The summed E-state index contributed by atoms with van der Waals surface area (Å²) in [6.07, 6.45) is 0. The molecule has 0 radical (unpaired) electrons. The molecule has 1 aromatic carbocycles. The van der Waals surface area contributed by atoms with E-state index in [9.17, 15) is 8.42 Å². The van der Waals surface area contributed by atoms with Crippen molar-refractivity contribution in [3.8, 4) is 0 Å². The van der Waals surface area contributed by atoms with Crippen LogP contribution in [0.2, 0.25) is 0 Å². The number of nitrogen functional groups attached to an aromatic ring is 1. The second kappa shape index (κ2) is 5.55. The van der Waals surface area contributed by atoms with Gasteiger partial charge in [-0.1, -0.05) is 12.1 Å². The van der Waals surface area contributed by atoms with E-state index >= 15 is 0 Å². The Hall–Kier alpha value is -1.64. The van der Waals surface area contributed by atoms with Crippen LogP contribution in [0.15, 0.2) is 24.3 Å². The van der Waals surface area contributed by atoms with Gasteiger partial charge in [0.1, 0.15) is 5.84 Å². The first-order valence-corrected chi connectivity index (χ1v) is 7.24. The second-order valence-corrected chi connectivity index (χ2v) is 5.75. The molecule has 1 aliphatic heterocycles. The highest BCUT2D eigenvalue weighted by atomic mass is 32.2. The van der Waals surface area contributed by atoms with Gasteiger partial charge in [-0.05, 0) is 12.1 Å². The summed E-state index contributed by atoms with van der Waals surface area (Å²) in [4.78, 5) is 0. The number of nitrogens with one attached hydrogen (secondary N) is 2. The van der Waals surface area contributed by atoms with E-state index in [4.69, 9.17) is 15.9 Å². The number of nitrogens with zero attached hydrogens (tertiary/aromatic N) is 1. The van der Waals surface area contributed by atoms with Crippen LogP contribution in [-0.2, 0) is 14.9 Å². The van der Waals surface area contributed by atoms with Gasteiger partial charge in [-0.15, -0.1) is 0 Å². The highest BCUT2D eigenvalue weighted by Crippen LogP contribution is 2.17. The molecule has 0 spiro atoms. The first-order valence-electron chi connectivity index (χ1n) is 5.80. The normalized spacial score (nSPS) is 17.1. The van der Waals surface area contributed by atoms with E-state index in [1.54, 1.807) is 24.3 Å². The Morgan fingerprint density at radius 2 is 1.95 bits per heavy atom. The Bertz CT molecular complexity index is 567. The number of hydrogen-bond acceptors (Lipinski definition) is 4. The first kappa shape index (κ1) is 13.8. The molecule has 1 saturated heterocycles. The molecule has 0 amide bonds. The summed E-state index contributed by atoms with van der Waals surface area (Å²) in [5, 5.41) is 7.44. The molecule has 0 aromatic heterocycles. The summed E-state index contributed by atoms with van der Waals surface area (Å²) < 4.78 is 33.2. The van der Waals surface area contributed by atoms with Crippen LogP contribution in [0.3, 0.4) is 0 Å². The molecular formula is C11H16N4O3S. The highest BCUT2D eigenvalue weighted by Gasteiger charge is 2.24. The summed E-state index contributed by atoms with van der Waals surface area (Å²) in [6, 6.07) is 6.56. The predicted octanol–water partition coefficient (Wildman–Crippen LogP) is -0.0404. The van der Waals surface area contributed by atoms with Crippen LogP contribution in [0.5, 0.6) is 0 Å². The lowest BCUT2D eigenvalue weighted by Gasteiger charge is -2.26. The van der Waals surface area contributed by atoms with Crippen LogP contribution in [0.4, 0.5) is 5.69 Å². The van der Waals surface area contributed by atoms with Gasteiger partial charge in [-0.3, -0.25) is 10.1 Å². The zero-order valence-electron chi connectivity index (χ0n) is 10.3. The Balaban J connectivity index is 2.22. The van der Waals surface area contributed by atoms with Gasteiger partial charge in [0.2, 0.25) is 0 Å². The van der Waals surface area contributed by atoms with Gasteiger partial charge in [0.15, 0.2) is 0 Å². The molecular weight excluding hydrogens is 268 g/mol. The van der Waals surface area contributed by atoms with E-state index in [0.29, 0.717) is 37.6 Å². The molecule has 0 unspecified atom stereocenters. The van der Waals surface area contributed by atoms with Gasteiger partial charge < -0.3 is 10.5 Å². The van der Waals surface area contributed by atoms with E-state index in [-0.39, 0.29) is 5.84 Å². The lowest BCUT2D eigenvalue weighted by atomic mass is 10.2. The van der Waals surface area contributed by atoms with Crippen molar-refractivity contribution in [2.45, 2.75) is 0 Å². The van der Waals surface area contributed by atoms with Crippen molar-refractivity contribution in [2.75, 3.05) is 31.0 Å². The average Bonchev–Trinajstić information content (AvgIpc) is 2.39. The van der Waals surface area contributed by atoms with E-state index in [1.807, 2.05) is 0 Å². The number of morpholine rings is 1. The molecule has 0 atom stereocenters. The fourth-order valence-electron chi connectivity index (χ4n) is 1.80. The number of rotatable bonds is 4. The van der Waals surface area contributed by atoms with Gasteiger partial charge in [0.25, 0.3) is 0 Å². The second-order valence-electron chi connectivity index (χ2n) is 4.08. The van der Waals surface area contributed by atoms with Crippen LogP contribution < -0.4 is 10.5 Å². The first-order chi connectivity index (χ1) is 9.00. The molecule has 1 aliphatic rings. The van der Waals surface area contributed by atoms with Crippen LogP contribution in [0, 0.1) is 5.41 Å². The molecule has 2 rings (SSSR count). The maximum absolute atomic E-state index is 12.2. The SMILES string of the molecule is N=C(N)c1ccccc1NS(=O)(=O)N1CCOCC1. The minimum Gasteiger partial charge on any atom is -0.384 e. The van der Waals surface area contributed by atoms with Crippen LogP contribution >= 0.6 is 0 Å². The summed E-state index contributed by atoms with van der Waals surface area (Å²) >= 11 is 0. The minimum atomic E-state index is -3.64. The molecule has 19 heavy (non-hydrogen) atoms. The largest absolute Gasteiger partial charge is 0.384 e. The average molecular weight is 284 g/mol. The van der Waals surface area contributed by atoms with Crippen molar-refractivity contribution < 1.29 is 13.2 Å². The maximum Gasteiger partial charge on any atom is 0.301 e. The molecule has 0 saturated carbocycles. The number of ether oxygens (including phenoxy) is 1. The summed E-state index contributed by atoms with van der Waals surface area (Å²) in [7, 11) is -3.64. The summed E-state index contributed by atoms with van der Waals surface area (Å²) in [6.45, 7) is 1.40. The maximum atomic E-state index is 12.2. The molecule has 1 aromatic rings. The summed E-state index contributed by atoms with van der Waals surface area (Å²) in [5.41, 5.74) is 6.09. The third-order valence-electron chi connectivity index (χ3n) is 2.77. The molecule has 1 heterocycles. The third-order valence-corrected chi connectivity index (χ3v) is 4.29. The monoisotopic (exact) mass is 284 g/mol. The third kappa shape index (κ3) is 3.22. The Labute approximate surface area is 112 Å².